The van der Waals surface area contributed by atoms with Crippen molar-refractivity contribution in [2.24, 2.45) is 20.8 Å². The lowest BCUT2D eigenvalue weighted by atomic mass is 9.72. The third-order valence-electron chi connectivity index (χ3n) is 7.97. The Balaban J connectivity index is 1.54. The van der Waals surface area contributed by atoms with Crippen LogP contribution in [0.5, 0.6) is 0 Å². The molecule has 0 heterocycles. The number of carbonyl (C=O) groups excluding carboxylic acids is 2. The van der Waals surface area contributed by atoms with Crippen molar-refractivity contribution < 1.29 is 19.8 Å². The molecule has 2 aromatic carbocycles. The second kappa shape index (κ2) is 13.5. The predicted octanol–water partition coefficient (Wildman–Crippen LogP) is 7.54. The number of allylic oxidation sites excluding steroid dienone is 4. The van der Waals surface area contributed by atoms with E-state index >= 15 is 0 Å². The smallest absolute Gasteiger partial charge is 0.168 e. The van der Waals surface area contributed by atoms with Crippen LogP contribution in [0.2, 0.25) is 0 Å². The van der Waals surface area contributed by atoms with E-state index in [0.717, 1.165) is 24.0 Å². The van der Waals surface area contributed by atoms with Crippen molar-refractivity contribution in [3.63, 3.8) is 0 Å². The first-order chi connectivity index (χ1) is 19.9. The molecule has 0 aliphatic heterocycles. The number of aliphatic imine (C=N–C) groups is 2. The molecule has 0 spiro atoms. The van der Waals surface area contributed by atoms with E-state index in [2.05, 4.69) is 0 Å². The largest absolute Gasteiger partial charge is 0.511 e. The molecule has 2 aliphatic rings. The summed E-state index contributed by atoms with van der Waals surface area (Å²) in [5, 5.41) is 22.3. The van der Waals surface area contributed by atoms with E-state index in [1.807, 2.05) is 88.4 Å². The standard InChI is InChI=1S/C36H44N2O4/c1-35(2)21-27(37-19-17-25-11-7-5-8-12-25)33(31(41)23-35)29(39)15-16-30(40)34-28(22-36(3,4)24-32(34)42)38-20-18-26-13-9-6-10-14-26/h5-14,39-40H,15-24H2,1-4H3/b33-29+,34-30+,37-27?,38-28?. The molecule has 0 radical (unpaired) electrons. The van der Waals surface area contributed by atoms with E-state index < -0.39 is 0 Å². The van der Waals surface area contributed by atoms with E-state index in [-0.39, 0.29) is 57.9 Å². The van der Waals surface area contributed by atoms with Gasteiger partial charge < -0.3 is 10.2 Å². The number of rotatable bonds is 9. The Morgan fingerprint density at radius 3 is 1.33 bits per heavy atom. The van der Waals surface area contributed by atoms with Crippen molar-refractivity contribution in [1.29, 1.82) is 0 Å². The third kappa shape index (κ3) is 8.37. The summed E-state index contributed by atoms with van der Waals surface area (Å²) in [5.41, 5.74) is 3.62. The molecule has 0 saturated heterocycles. The summed E-state index contributed by atoms with van der Waals surface area (Å²) in [7, 11) is 0. The minimum Gasteiger partial charge on any atom is -0.511 e. The van der Waals surface area contributed by atoms with E-state index in [0.29, 0.717) is 50.2 Å². The van der Waals surface area contributed by atoms with Gasteiger partial charge in [-0.1, -0.05) is 88.4 Å². The average molecular weight is 569 g/mol. The summed E-state index contributed by atoms with van der Waals surface area (Å²) in [6.45, 7) is 9.18. The fourth-order valence-corrected chi connectivity index (χ4v) is 5.92. The lowest BCUT2D eigenvalue weighted by Crippen LogP contribution is -2.33. The van der Waals surface area contributed by atoms with E-state index in [1.54, 1.807) is 0 Å². The SMILES string of the molecule is CC1(C)CC(=O)/C(=C(/O)CC/C(O)=C2\C(=O)CC(C)(C)CC2=NCCc2ccccc2)C(=NCCc2ccccc2)C1. The molecule has 0 amide bonds. The van der Waals surface area contributed by atoms with Crippen LogP contribution >= 0.6 is 0 Å². The number of hydrogen-bond donors (Lipinski definition) is 2. The molecule has 2 fully saturated rings. The van der Waals surface area contributed by atoms with Gasteiger partial charge in [-0.15, -0.1) is 0 Å². The summed E-state index contributed by atoms with van der Waals surface area (Å²) in [4.78, 5) is 36.0. The number of aliphatic hydroxyl groups is 2. The molecular weight excluding hydrogens is 524 g/mol. The molecule has 2 aliphatic carbocycles. The van der Waals surface area contributed by atoms with Crippen molar-refractivity contribution in [2.75, 3.05) is 13.1 Å². The molecule has 0 unspecified atom stereocenters. The van der Waals surface area contributed by atoms with Gasteiger partial charge in [0.25, 0.3) is 0 Å². The Morgan fingerprint density at radius 2 is 0.976 bits per heavy atom. The number of hydrogen-bond acceptors (Lipinski definition) is 6. The quantitative estimate of drug-likeness (QED) is 0.241. The highest BCUT2D eigenvalue weighted by molar-refractivity contribution is 6.25. The molecule has 42 heavy (non-hydrogen) atoms. The number of aliphatic hydroxyl groups excluding tert-OH is 2. The molecule has 0 atom stereocenters. The van der Waals surface area contributed by atoms with Crippen LogP contribution in [0.25, 0.3) is 0 Å². The number of Topliss-reactive ketones (excluding diaryl/α,β-unsaturated/α-hetero) is 2. The molecule has 0 aromatic heterocycles. The van der Waals surface area contributed by atoms with Gasteiger partial charge in [0.15, 0.2) is 11.6 Å². The van der Waals surface area contributed by atoms with Crippen LogP contribution in [0.1, 0.15) is 77.3 Å². The van der Waals surface area contributed by atoms with Gasteiger partial charge in [-0.25, -0.2) is 0 Å². The van der Waals surface area contributed by atoms with Crippen LogP contribution in [-0.4, -0.2) is 46.3 Å². The van der Waals surface area contributed by atoms with Gasteiger partial charge >= 0.3 is 0 Å². The van der Waals surface area contributed by atoms with E-state index in [4.69, 9.17) is 9.98 Å². The Kier molecular flexibility index (Phi) is 9.97. The minimum atomic E-state index is -0.247. The molecule has 6 nitrogen and oxygen atoms in total. The number of carbonyl (C=O) groups is 2. The maximum atomic E-state index is 13.2. The molecule has 6 heteroatoms. The van der Waals surface area contributed by atoms with Gasteiger partial charge in [0.1, 0.15) is 11.5 Å². The summed E-state index contributed by atoms with van der Waals surface area (Å²) in [5.74, 6) is -0.416. The highest BCUT2D eigenvalue weighted by Crippen LogP contribution is 2.38. The molecule has 4 rings (SSSR count). The molecule has 2 aromatic rings. The Hall–Kier alpha value is -3.80. The van der Waals surface area contributed by atoms with Gasteiger partial charge in [-0.2, -0.15) is 0 Å². The zero-order chi connectivity index (χ0) is 30.3. The average Bonchev–Trinajstić information content (AvgIpc) is 2.91. The lowest BCUT2D eigenvalue weighted by molar-refractivity contribution is -0.118. The number of nitrogens with zero attached hydrogens (tertiary/aromatic N) is 2. The monoisotopic (exact) mass is 568 g/mol. The highest BCUT2D eigenvalue weighted by atomic mass is 16.3. The van der Waals surface area contributed by atoms with Crippen LogP contribution < -0.4 is 0 Å². The Bertz CT molecular complexity index is 1300. The van der Waals surface area contributed by atoms with E-state index in [9.17, 15) is 19.8 Å². The third-order valence-corrected chi connectivity index (χ3v) is 7.97. The van der Waals surface area contributed by atoms with Gasteiger partial charge in [0.2, 0.25) is 0 Å². The molecular formula is C36H44N2O4. The maximum Gasteiger partial charge on any atom is 0.168 e. The Morgan fingerprint density at radius 1 is 0.619 bits per heavy atom. The van der Waals surface area contributed by atoms with Crippen LogP contribution in [-0.2, 0) is 22.4 Å². The van der Waals surface area contributed by atoms with Crippen LogP contribution in [0.15, 0.2) is 93.3 Å². The van der Waals surface area contributed by atoms with Crippen LogP contribution in [0.4, 0.5) is 0 Å². The fraction of sp³-hybridized carbons (Fsp3) is 0.444. The molecule has 2 N–H and O–H groups in total. The summed E-state index contributed by atoms with van der Waals surface area (Å²) >= 11 is 0. The minimum absolute atomic E-state index is 0.0442. The van der Waals surface area contributed by atoms with Crippen molar-refractivity contribution in [2.45, 2.75) is 79.1 Å². The van der Waals surface area contributed by atoms with Crippen molar-refractivity contribution in [3.8, 4) is 0 Å². The summed E-state index contributed by atoms with van der Waals surface area (Å²) in [6, 6.07) is 20.1. The normalized spacial score (nSPS) is 22.9. The zero-order valence-electron chi connectivity index (χ0n) is 25.4. The van der Waals surface area contributed by atoms with Crippen molar-refractivity contribution >= 4 is 23.0 Å². The van der Waals surface area contributed by atoms with Crippen molar-refractivity contribution in [3.05, 3.63) is 94.5 Å². The van der Waals surface area contributed by atoms with Gasteiger partial charge in [0.05, 0.1) is 11.1 Å². The summed E-state index contributed by atoms with van der Waals surface area (Å²) < 4.78 is 0. The van der Waals surface area contributed by atoms with Gasteiger partial charge in [0, 0.05) is 50.2 Å². The number of benzene rings is 2. The second-order valence-corrected chi connectivity index (χ2v) is 13.2. The van der Waals surface area contributed by atoms with Crippen molar-refractivity contribution in [1.82, 2.24) is 0 Å². The first-order valence-electron chi connectivity index (χ1n) is 15.0. The molecule has 0 bridgehead atoms. The van der Waals surface area contributed by atoms with E-state index in [1.165, 1.54) is 0 Å². The second-order valence-electron chi connectivity index (χ2n) is 13.2. The van der Waals surface area contributed by atoms with Gasteiger partial charge in [-0.3, -0.25) is 19.6 Å². The Labute approximate surface area is 250 Å². The van der Waals surface area contributed by atoms with Crippen LogP contribution in [0, 0.1) is 10.8 Å². The first kappa shape index (κ1) is 31.1. The summed E-state index contributed by atoms with van der Waals surface area (Å²) in [6.07, 6.45) is 3.39. The topological polar surface area (TPSA) is 99.3 Å². The molecule has 222 valence electrons. The van der Waals surface area contributed by atoms with Gasteiger partial charge in [-0.05, 0) is 47.6 Å². The fourth-order valence-electron chi connectivity index (χ4n) is 5.92. The first-order valence-corrected chi connectivity index (χ1v) is 15.0. The maximum absolute atomic E-state index is 13.2. The molecule has 2 saturated carbocycles. The zero-order valence-corrected chi connectivity index (χ0v) is 25.4. The van der Waals surface area contributed by atoms with Crippen LogP contribution in [0.3, 0.4) is 0 Å². The highest BCUT2D eigenvalue weighted by Gasteiger charge is 2.38. The lowest BCUT2D eigenvalue weighted by Gasteiger charge is -2.32. The number of ketones is 2. The predicted molar refractivity (Wildman–Crippen MR) is 169 cm³/mol.